The summed E-state index contributed by atoms with van der Waals surface area (Å²) in [5.74, 6) is 0.127. The van der Waals surface area contributed by atoms with E-state index in [1.807, 2.05) is 41.4 Å². The first kappa shape index (κ1) is 15.4. The Hall–Kier alpha value is -2.18. The van der Waals surface area contributed by atoms with E-state index in [4.69, 9.17) is 0 Å². The minimum atomic E-state index is 0.127. The molecule has 1 atom stereocenters. The van der Waals surface area contributed by atoms with Crippen LogP contribution in [0.1, 0.15) is 16.8 Å². The van der Waals surface area contributed by atoms with Gasteiger partial charge in [0, 0.05) is 63.3 Å². The number of rotatable bonds is 3. The Labute approximate surface area is 142 Å². The summed E-state index contributed by atoms with van der Waals surface area (Å²) in [6, 6.07) is 10.1. The van der Waals surface area contributed by atoms with Crippen LogP contribution in [-0.4, -0.2) is 70.8 Å². The molecule has 0 spiro atoms. The third-order valence-electron chi connectivity index (χ3n) is 4.98. The van der Waals surface area contributed by atoms with Crippen molar-refractivity contribution in [3.63, 3.8) is 0 Å². The minimum absolute atomic E-state index is 0.127. The van der Waals surface area contributed by atoms with E-state index in [1.54, 1.807) is 10.9 Å². The monoisotopic (exact) mass is 325 g/mol. The predicted octanol–water partition coefficient (Wildman–Crippen LogP) is 0.992. The molecule has 2 aliphatic heterocycles. The van der Waals surface area contributed by atoms with Crippen LogP contribution in [0.5, 0.6) is 0 Å². The van der Waals surface area contributed by atoms with Crippen molar-refractivity contribution in [3.05, 3.63) is 48.3 Å². The molecule has 126 valence electrons. The molecule has 2 saturated heterocycles. The number of benzene rings is 1. The molecule has 6 nitrogen and oxygen atoms in total. The topological polar surface area (TPSA) is 53.4 Å². The van der Waals surface area contributed by atoms with Gasteiger partial charge in [-0.2, -0.15) is 5.10 Å². The van der Waals surface area contributed by atoms with Crippen LogP contribution in [0.3, 0.4) is 0 Å². The highest BCUT2D eigenvalue weighted by atomic mass is 16.2. The zero-order chi connectivity index (χ0) is 16.4. The van der Waals surface area contributed by atoms with Gasteiger partial charge in [0.2, 0.25) is 0 Å². The standard InChI is InChI=1S/C18H23N5O/c24-18(15-3-1-4-16(13-15)23-9-2-6-20-23)22-10-5-17(14-22)21-11-7-19-8-12-21/h1-4,6,9,13,17,19H,5,7-8,10-12,14H2. The third kappa shape index (κ3) is 3.07. The fourth-order valence-electron chi connectivity index (χ4n) is 3.66. The van der Waals surface area contributed by atoms with E-state index >= 15 is 0 Å². The van der Waals surface area contributed by atoms with Crippen LogP contribution in [-0.2, 0) is 0 Å². The van der Waals surface area contributed by atoms with Crippen molar-refractivity contribution in [3.8, 4) is 5.69 Å². The Morgan fingerprint density at radius 2 is 2.04 bits per heavy atom. The van der Waals surface area contributed by atoms with Crippen molar-refractivity contribution in [2.24, 2.45) is 0 Å². The quantitative estimate of drug-likeness (QED) is 0.914. The number of carbonyl (C=O) groups excluding carboxylic acids is 1. The molecule has 24 heavy (non-hydrogen) atoms. The molecule has 0 radical (unpaired) electrons. The molecule has 6 heteroatoms. The van der Waals surface area contributed by atoms with E-state index < -0.39 is 0 Å². The van der Waals surface area contributed by atoms with Crippen LogP contribution in [0.25, 0.3) is 5.69 Å². The zero-order valence-electron chi connectivity index (χ0n) is 13.8. The maximum absolute atomic E-state index is 12.9. The highest BCUT2D eigenvalue weighted by Crippen LogP contribution is 2.19. The van der Waals surface area contributed by atoms with Crippen molar-refractivity contribution >= 4 is 5.91 Å². The molecule has 1 aromatic heterocycles. The molecule has 1 amide bonds. The molecule has 1 aromatic carbocycles. The maximum atomic E-state index is 12.9. The van der Waals surface area contributed by atoms with E-state index in [2.05, 4.69) is 15.3 Å². The molecule has 2 fully saturated rings. The second-order valence-electron chi connectivity index (χ2n) is 6.48. The smallest absolute Gasteiger partial charge is 0.253 e. The summed E-state index contributed by atoms with van der Waals surface area (Å²) in [4.78, 5) is 17.4. The Balaban J connectivity index is 1.45. The number of hydrogen-bond acceptors (Lipinski definition) is 4. The van der Waals surface area contributed by atoms with Gasteiger partial charge in [0.15, 0.2) is 0 Å². The molecule has 2 aromatic rings. The largest absolute Gasteiger partial charge is 0.337 e. The summed E-state index contributed by atoms with van der Waals surface area (Å²) in [5, 5.41) is 7.62. The van der Waals surface area contributed by atoms with Gasteiger partial charge in [0.1, 0.15) is 0 Å². The molecule has 0 saturated carbocycles. The van der Waals surface area contributed by atoms with Gasteiger partial charge in [0.25, 0.3) is 5.91 Å². The second-order valence-corrected chi connectivity index (χ2v) is 6.48. The number of aromatic nitrogens is 2. The molecule has 4 rings (SSSR count). The van der Waals surface area contributed by atoms with E-state index in [-0.39, 0.29) is 5.91 Å². The van der Waals surface area contributed by atoms with Gasteiger partial charge in [0.05, 0.1) is 5.69 Å². The lowest BCUT2D eigenvalue weighted by atomic mass is 10.1. The molecular weight excluding hydrogens is 302 g/mol. The molecule has 2 aliphatic rings. The Bertz CT molecular complexity index is 693. The summed E-state index contributed by atoms with van der Waals surface area (Å²) in [6.45, 7) is 5.96. The van der Waals surface area contributed by atoms with Crippen molar-refractivity contribution in [1.29, 1.82) is 0 Å². The Morgan fingerprint density at radius 1 is 1.17 bits per heavy atom. The van der Waals surface area contributed by atoms with Gasteiger partial charge in [-0.1, -0.05) is 6.07 Å². The lowest BCUT2D eigenvalue weighted by Crippen LogP contribution is -2.49. The lowest BCUT2D eigenvalue weighted by Gasteiger charge is -2.32. The van der Waals surface area contributed by atoms with Crippen LogP contribution in [0.15, 0.2) is 42.7 Å². The van der Waals surface area contributed by atoms with Crippen LogP contribution in [0.2, 0.25) is 0 Å². The SMILES string of the molecule is O=C(c1cccc(-n2cccn2)c1)N1CCC(N2CCNCC2)C1. The van der Waals surface area contributed by atoms with Gasteiger partial charge in [-0.15, -0.1) is 0 Å². The first-order valence-electron chi connectivity index (χ1n) is 8.65. The molecule has 1 N–H and O–H groups in total. The maximum Gasteiger partial charge on any atom is 0.253 e. The van der Waals surface area contributed by atoms with Crippen molar-refractivity contribution in [1.82, 2.24) is 24.9 Å². The fraction of sp³-hybridized carbons (Fsp3) is 0.444. The number of amides is 1. The molecule has 3 heterocycles. The highest BCUT2D eigenvalue weighted by molar-refractivity contribution is 5.95. The lowest BCUT2D eigenvalue weighted by molar-refractivity contribution is 0.0773. The van der Waals surface area contributed by atoms with Gasteiger partial charge < -0.3 is 10.2 Å². The van der Waals surface area contributed by atoms with Gasteiger partial charge in [-0.25, -0.2) is 4.68 Å². The van der Waals surface area contributed by atoms with Gasteiger partial charge in [-0.05, 0) is 30.7 Å². The van der Waals surface area contributed by atoms with Gasteiger partial charge >= 0.3 is 0 Å². The number of hydrogen-bond donors (Lipinski definition) is 1. The average Bonchev–Trinajstić information content (AvgIpc) is 3.34. The van der Waals surface area contributed by atoms with Crippen molar-refractivity contribution < 1.29 is 4.79 Å². The summed E-state index contributed by atoms with van der Waals surface area (Å²) in [7, 11) is 0. The predicted molar refractivity (Wildman–Crippen MR) is 92.3 cm³/mol. The average molecular weight is 325 g/mol. The van der Waals surface area contributed by atoms with Crippen molar-refractivity contribution in [2.45, 2.75) is 12.5 Å². The van der Waals surface area contributed by atoms with Crippen LogP contribution in [0, 0.1) is 0 Å². The third-order valence-corrected chi connectivity index (χ3v) is 4.98. The first-order chi connectivity index (χ1) is 11.8. The first-order valence-corrected chi connectivity index (χ1v) is 8.65. The zero-order valence-corrected chi connectivity index (χ0v) is 13.8. The highest BCUT2D eigenvalue weighted by Gasteiger charge is 2.31. The van der Waals surface area contributed by atoms with Gasteiger partial charge in [-0.3, -0.25) is 9.69 Å². The number of likely N-dealkylation sites (tertiary alicyclic amines) is 1. The number of piperazine rings is 1. The van der Waals surface area contributed by atoms with E-state index in [0.717, 1.165) is 56.9 Å². The normalized spacial score (nSPS) is 22.0. The number of nitrogens with one attached hydrogen (secondary N) is 1. The van der Waals surface area contributed by atoms with Crippen LogP contribution in [0.4, 0.5) is 0 Å². The minimum Gasteiger partial charge on any atom is -0.337 e. The molecule has 0 aliphatic carbocycles. The summed E-state index contributed by atoms with van der Waals surface area (Å²) >= 11 is 0. The van der Waals surface area contributed by atoms with Crippen LogP contribution >= 0.6 is 0 Å². The second kappa shape index (κ2) is 6.75. The molecular formula is C18H23N5O. The van der Waals surface area contributed by atoms with E-state index in [1.165, 1.54) is 0 Å². The summed E-state index contributed by atoms with van der Waals surface area (Å²) in [6.07, 6.45) is 4.71. The number of nitrogens with zero attached hydrogens (tertiary/aromatic N) is 4. The van der Waals surface area contributed by atoms with E-state index in [0.29, 0.717) is 6.04 Å². The Kier molecular flexibility index (Phi) is 4.32. The van der Waals surface area contributed by atoms with Crippen molar-refractivity contribution in [2.75, 3.05) is 39.3 Å². The summed E-state index contributed by atoms with van der Waals surface area (Å²) < 4.78 is 1.78. The van der Waals surface area contributed by atoms with E-state index in [9.17, 15) is 4.79 Å². The molecule has 0 bridgehead atoms. The molecule has 1 unspecified atom stereocenters. The summed E-state index contributed by atoms with van der Waals surface area (Å²) in [5.41, 5.74) is 1.66. The fourth-order valence-corrected chi connectivity index (χ4v) is 3.66. The van der Waals surface area contributed by atoms with Crippen LogP contribution < -0.4 is 5.32 Å². The number of carbonyl (C=O) groups is 1. The Morgan fingerprint density at radius 3 is 2.83 bits per heavy atom.